The number of aromatic nitrogens is 3. The summed E-state index contributed by atoms with van der Waals surface area (Å²) >= 11 is 7.51. The molecule has 2 aromatic carbocycles. The van der Waals surface area contributed by atoms with Gasteiger partial charge in [0, 0.05) is 21.4 Å². The largest absolute Gasteiger partial charge is 0.277 e. The fraction of sp³-hybridized carbons (Fsp3) is 0. The van der Waals surface area contributed by atoms with Gasteiger partial charge in [-0.05, 0) is 18.2 Å². The molecular formula is C16H10ClN3S. The number of halogens is 1. The number of H-pyrrole nitrogens is 1. The Hall–Kier alpha value is -2.17. The van der Waals surface area contributed by atoms with Crippen LogP contribution in [0.25, 0.3) is 32.9 Å². The minimum absolute atomic E-state index is 0.729. The van der Waals surface area contributed by atoms with E-state index in [1.54, 1.807) is 11.3 Å². The molecule has 2 heterocycles. The number of thiazole rings is 1. The van der Waals surface area contributed by atoms with Gasteiger partial charge in [-0.15, -0.1) is 11.3 Å². The lowest BCUT2D eigenvalue weighted by Crippen LogP contribution is -1.80. The summed E-state index contributed by atoms with van der Waals surface area (Å²) in [4.78, 5) is 4.70. The predicted octanol–water partition coefficient (Wildman–Crippen LogP) is 5.01. The summed E-state index contributed by atoms with van der Waals surface area (Å²) < 4.78 is 0. The lowest BCUT2D eigenvalue weighted by molar-refractivity contribution is 1.12. The van der Waals surface area contributed by atoms with Gasteiger partial charge >= 0.3 is 0 Å². The van der Waals surface area contributed by atoms with Gasteiger partial charge in [-0.2, -0.15) is 5.10 Å². The van der Waals surface area contributed by atoms with Gasteiger partial charge in [-0.1, -0.05) is 41.9 Å². The number of fused-ring (bicyclic) bond motifs is 1. The van der Waals surface area contributed by atoms with E-state index in [4.69, 9.17) is 16.6 Å². The fourth-order valence-corrected chi connectivity index (χ4v) is 3.22. The summed E-state index contributed by atoms with van der Waals surface area (Å²) in [6.07, 6.45) is 0. The van der Waals surface area contributed by atoms with Crippen molar-refractivity contribution in [2.45, 2.75) is 0 Å². The van der Waals surface area contributed by atoms with Crippen molar-refractivity contribution in [1.82, 2.24) is 15.2 Å². The Balaban J connectivity index is 1.79. The van der Waals surface area contributed by atoms with Crippen molar-refractivity contribution in [2.75, 3.05) is 0 Å². The van der Waals surface area contributed by atoms with Gasteiger partial charge < -0.3 is 0 Å². The van der Waals surface area contributed by atoms with E-state index in [1.807, 2.05) is 47.8 Å². The zero-order chi connectivity index (χ0) is 14.2. The summed E-state index contributed by atoms with van der Waals surface area (Å²) in [5.41, 5.74) is 3.92. The molecule has 102 valence electrons. The Bertz CT molecular complexity index is 909. The fourth-order valence-electron chi connectivity index (χ4n) is 2.26. The molecule has 3 nitrogen and oxygen atoms in total. The van der Waals surface area contributed by atoms with Crippen LogP contribution in [0, 0.1) is 0 Å². The smallest absolute Gasteiger partial charge is 0.145 e. The standard InChI is InChI=1S/C16H10ClN3S/c17-11-7-5-10(6-8-11)14-9-21-16(18-14)15-12-3-1-2-4-13(12)19-20-15/h1-9H,(H,19,20). The van der Waals surface area contributed by atoms with Gasteiger partial charge in [0.05, 0.1) is 11.2 Å². The van der Waals surface area contributed by atoms with E-state index in [0.29, 0.717) is 0 Å². The van der Waals surface area contributed by atoms with Crippen LogP contribution in [-0.4, -0.2) is 15.2 Å². The molecule has 0 amide bonds. The summed E-state index contributed by atoms with van der Waals surface area (Å²) in [5, 5.41) is 12.2. The first-order chi connectivity index (χ1) is 10.3. The van der Waals surface area contributed by atoms with E-state index in [9.17, 15) is 0 Å². The summed E-state index contributed by atoms with van der Waals surface area (Å²) in [7, 11) is 0. The first kappa shape index (κ1) is 12.6. The zero-order valence-corrected chi connectivity index (χ0v) is 12.4. The van der Waals surface area contributed by atoms with Gasteiger partial charge in [-0.3, -0.25) is 5.10 Å². The molecule has 0 spiro atoms. The van der Waals surface area contributed by atoms with E-state index in [1.165, 1.54) is 0 Å². The molecule has 0 fully saturated rings. The molecule has 0 bridgehead atoms. The van der Waals surface area contributed by atoms with Crippen LogP contribution in [0.1, 0.15) is 0 Å². The third-order valence-corrected chi connectivity index (χ3v) is 4.42. The molecule has 0 aliphatic heterocycles. The molecule has 0 unspecified atom stereocenters. The Morgan fingerprint density at radius 3 is 2.67 bits per heavy atom. The molecule has 2 aromatic heterocycles. The predicted molar refractivity (Wildman–Crippen MR) is 87.6 cm³/mol. The first-order valence-corrected chi connectivity index (χ1v) is 7.72. The monoisotopic (exact) mass is 311 g/mol. The van der Waals surface area contributed by atoms with Crippen LogP contribution in [0.3, 0.4) is 0 Å². The third kappa shape index (κ3) is 2.22. The Labute approximate surface area is 130 Å². The quantitative estimate of drug-likeness (QED) is 0.565. The van der Waals surface area contributed by atoms with Crippen molar-refractivity contribution in [2.24, 2.45) is 0 Å². The number of nitrogens with zero attached hydrogens (tertiary/aromatic N) is 2. The lowest BCUT2D eigenvalue weighted by atomic mass is 10.2. The maximum atomic E-state index is 5.92. The van der Waals surface area contributed by atoms with Gasteiger partial charge in [0.1, 0.15) is 10.7 Å². The highest BCUT2D eigenvalue weighted by Gasteiger charge is 2.12. The molecular weight excluding hydrogens is 302 g/mol. The maximum absolute atomic E-state index is 5.92. The van der Waals surface area contributed by atoms with E-state index >= 15 is 0 Å². The number of nitrogens with one attached hydrogen (secondary N) is 1. The van der Waals surface area contributed by atoms with Crippen LogP contribution in [0.15, 0.2) is 53.9 Å². The summed E-state index contributed by atoms with van der Waals surface area (Å²) in [5.74, 6) is 0. The number of hydrogen-bond donors (Lipinski definition) is 1. The molecule has 4 rings (SSSR count). The topological polar surface area (TPSA) is 41.6 Å². The highest BCUT2D eigenvalue weighted by Crippen LogP contribution is 2.32. The molecule has 5 heteroatoms. The summed E-state index contributed by atoms with van der Waals surface area (Å²) in [6, 6.07) is 15.8. The molecule has 21 heavy (non-hydrogen) atoms. The molecule has 0 aliphatic carbocycles. The normalized spacial score (nSPS) is 11.1. The zero-order valence-electron chi connectivity index (χ0n) is 10.9. The Morgan fingerprint density at radius 1 is 1.00 bits per heavy atom. The van der Waals surface area contributed by atoms with Gasteiger partial charge in [0.15, 0.2) is 0 Å². The van der Waals surface area contributed by atoms with E-state index in [0.717, 1.165) is 37.9 Å². The SMILES string of the molecule is Clc1ccc(-c2csc(-c3n[nH]c4ccccc34)n2)cc1. The average Bonchev–Trinajstić information content (AvgIpc) is 3.14. The van der Waals surface area contributed by atoms with Crippen molar-refractivity contribution < 1.29 is 0 Å². The van der Waals surface area contributed by atoms with Crippen LogP contribution in [0.5, 0.6) is 0 Å². The number of hydrogen-bond acceptors (Lipinski definition) is 3. The van der Waals surface area contributed by atoms with Crippen molar-refractivity contribution in [1.29, 1.82) is 0 Å². The van der Waals surface area contributed by atoms with Crippen LogP contribution in [0.2, 0.25) is 5.02 Å². The van der Waals surface area contributed by atoms with Crippen LogP contribution in [0.4, 0.5) is 0 Å². The van der Waals surface area contributed by atoms with Crippen molar-refractivity contribution in [3.8, 4) is 22.0 Å². The number of para-hydroxylation sites is 1. The van der Waals surface area contributed by atoms with Gasteiger partial charge in [-0.25, -0.2) is 4.98 Å². The third-order valence-electron chi connectivity index (χ3n) is 3.32. The molecule has 0 radical (unpaired) electrons. The molecule has 0 saturated carbocycles. The maximum Gasteiger partial charge on any atom is 0.145 e. The minimum Gasteiger partial charge on any atom is -0.277 e. The molecule has 0 aliphatic rings. The minimum atomic E-state index is 0.729. The highest BCUT2D eigenvalue weighted by atomic mass is 35.5. The molecule has 0 atom stereocenters. The molecule has 4 aromatic rings. The Kier molecular flexibility index (Phi) is 2.98. The van der Waals surface area contributed by atoms with Crippen molar-refractivity contribution in [3.05, 3.63) is 58.9 Å². The van der Waals surface area contributed by atoms with Crippen LogP contribution in [-0.2, 0) is 0 Å². The summed E-state index contributed by atoms with van der Waals surface area (Å²) in [6.45, 7) is 0. The number of rotatable bonds is 2. The number of benzene rings is 2. The second kappa shape index (κ2) is 4.98. The van der Waals surface area contributed by atoms with Crippen molar-refractivity contribution in [3.63, 3.8) is 0 Å². The molecule has 0 saturated heterocycles. The van der Waals surface area contributed by atoms with Crippen LogP contribution >= 0.6 is 22.9 Å². The van der Waals surface area contributed by atoms with E-state index in [2.05, 4.69) is 16.3 Å². The Morgan fingerprint density at radius 2 is 1.81 bits per heavy atom. The second-order valence-corrected chi connectivity index (χ2v) is 5.96. The van der Waals surface area contributed by atoms with Crippen LogP contribution < -0.4 is 0 Å². The lowest BCUT2D eigenvalue weighted by Gasteiger charge is -1.96. The van der Waals surface area contributed by atoms with E-state index in [-0.39, 0.29) is 0 Å². The van der Waals surface area contributed by atoms with Gasteiger partial charge in [0.2, 0.25) is 0 Å². The first-order valence-electron chi connectivity index (χ1n) is 6.46. The van der Waals surface area contributed by atoms with Gasteiger partial charge in [0.25, 0.3) is 0 Å². The molecule has 1 N–H and O–H groups in total. The second-order valence-electron chi connectivity index (χ2n) is 4.66. The highest BCUT2D eigenvalue weighted by molar-refractivity contribution is 7.13. The number of aromatic amines is 1. The average molecular weight is 312 g/mol. The van der Waals surface area contributed by atoms with Crippen molar-refractivity contribution >= 4 is 33.8 Å². The van der Waals surface area contributed by atoms with E-state index < -0.39 is 0 Å².